The van der Waals surface area contributed by atoms with Gasteiger partial charge in [0.25, 0.3) is 5.56 Å². The number of nitrogens with one attached hydrogen (secondary N) is 2. The molecule has 5 nitrogen and oxygen atoms in total. The molecule has 0 radical (unpaired) electrons. The lowest BCUT2D eigenvalue weighted by molar-refractivity contribution is -0.122. The number of aromatic nitrogens is 1. The SMILES string of the molecule is CC1CC(NC(=O)Cn2cc(Br)ccc2=O)CCN1. The van der Waals surface area contributed by atoms with E-state index in [0.717, 1.165) is 23.9 Å². The maximum absolute atomic E-state index is 11.9. The molecule has 6 heteroatoms. The van der Waals surface area contributed by atoms with Crippen LogP contribution >= 0.6 is 15.9 Å². The van der Waals surface area contributed by atoms with Gasteiger partial charge in [0.1, 0.15) is 6.54 Å². The third-order valence-electron chi connectivity index (χ3n) is 3.25. The molecule has 1 amide bonds. The Morgan fingerprint density at radius 2 is 2.37 bits per heavy atom. The Balaban J connectivity index is 1.94. The van der Waals surface area contributed by atoms with Crippen LogP contribution in [0, 0.1) is 0 Å². The van der Waals surface area contributed by atoms with E-state index in [4.69, 9.17) is 0 Å². The summed E-state index contributed by atoms with van der Waals surface area (Å²) in [6, 6.07) is 3.74. The molecule has 1 saturated heterocycles. The first kappa shape index (κ1) is 14.3. The Labute approximate surface area is 120 Å². The first-order chi connectivity index (χ1) is 9.04. The van der Waals surface area contributed by atoms with Gasteiger partial charge in [-0.15, -0.1) is 0 Å². The van der Waals surface area contributed by atoms with Gasteiger partial charge in [0, 0.05) is 28.8 Å². The summed E-state index contributed by atoms with van der Waals surface area (Å²) in [5.74, 6) is -0.112. The van der Waals surface area contributed by atoms with Crippen LogP contribution in [0.3, 0.4) is 0 Å². The smallest absolute Gasteiger partial charge is 0.251 e. The summed E-state index contributed by atoms with van der Waals surface area (Å²) in [4.78, 5) is 23.5. The number of rotatable bonds is 3. The predicted octanol–water partition coefficient (Wildman–Crippen LogP) is 0.867. The van der Waals surface area contributed by atoms with Crippen LogP contribution in [0.15, 0.2) is 27.6 Å². The van der Waals surface area contributed by atoms with Gasteiger partial charge in [-0.3, -0.25) is 9.59 Å². The Morgan fingerprint density at radius 1 is 1.58 bits per heavy atom. The number of hydrogen-bond acceptors (Lipinski definition) is 3. The summed E-state index contributed by atoms with van der Waals surface area (Å²) in [5.41, 5.74) is -0.169. The highest BCUT2D eigenvalue weighted by atomic mass is 79.9. The summed E-state index contributed by atoms with van der Waals surface area (Å²) >= 11 is 3.29. The molecule has 0 spiro atoms. The molecule has 0 bridgehead atoms. The summed E-state index contributed by atoms with van der Waals surface area (Å²) in [6.07, 6.45) is 3.50. The van der Waals surface area contributed by atoms with Crippen molar-refractivity contribution in [2.45, 2.75) is 38.4 Å². The van der Waals surface area contributed by atoms with Crippen LogP contribution < -0.4 is 16.2 Å². The molecule has 1 fully saturated rings. The van der Waals surface area contributed by atoms with Crippen LogP contribution in [-0.2, 0) is 11.3 Å². The fraction of sp³-hybridized carbons (Fsp3) is 0.538. The molecule has 19 heavy (non-hydrogen) atoms. The number of amides is 1. The number of halogens is 1. The van der Waals surface area contributed by atoms with E-state index in [1.165, 1.54) is 10.6 Å². The van der Waals surface area contributed by atoms with E-state index < -0.39 is 0 Å². The minimum atomic E-state index is -0.169. The lowest BCUT2D eigenvalue weighted by Gasteiger charge is -2.28. The molecule has 2 rings (SSSR count). The maximum Gasteiger partial charge on any atom is 0.251 e. The molecule has 0 aromatic carbocycles. The van der Waals surface area contributed by atoms with E-state index in [0.29, 0.717) is 6.04 Å². The molecule has 2 N–H and O–H groups in total. The second-order valence-corrected chi connectivity index (χ2v) is 5.87. The van der Waals surface area contributed by atoms with E-state index in [9.17, 15) is 9.59 Å². The van der Waals surface area contributed by atoms with Gasteiger partial charge in [-0.25, -0.2) is 0 Å². The number of hydrogen-bond donors (Lipinski definition) is 2. The van der Waals surface area contributed by atoms with E-state index in [1.807, 2.05) is 0 Å². The first-order valence-corrected chi connectivity index (χ1v) is 7.22. The fourth-order valence-corrected chi connectivity index (χ4v) is 2.70. The third kappa shape index (κ3) is 4.18. The first-order valence-electron chi connectivity index (χ1n) is 6.43. The number of carbonyl (C=O) groups is 1. The number of carbonyl (C=O) groups excluding carboxylic acids is 1. The van der Waals surface area contributed by atoms with Crippen molar-refractivity contribution in [1.29, 1.82) is 0 Å². The van der Waals surface area contributed by atoms with Crippen molar-refractivity contribution in [3.8, 4) is 0 Å². The molecular formula is C13H18BrN3O2. The predicted molar refractivity (Wildman–Crippen MR) is 77.0 cm³/mol. The Hall–Kier alpha value is -1.14. The van der Waals surface area contributed by atoms with Crippen molar-refractivity contribution in [1.82, 2.24) is 15.2 Å². The van der Waals surface area contributed by atoms with E-state index in [1.54, 1.807) is 12.3 Å². The van der Waals surface area contributed by atoms with Gasteiger partial charge in [-0.1, -0.05) is 0 Å². The highest BCUT2D eigenvalue weighted by Crippen LogP contribution is 2.08. The van der Waals surface area contributed by atoms with Crippen LogP contribution in [0.25, 0.3) is 0 Å². The van der Waals surface area contributed by atoms with Gasteiger partial charge in [-0.2, -0.15) is 0 Å². The largest absolute Gasteiger partial charge is 0.352 e. The van der Waals surface area contributed by atoms with Crippen LogP contribution in [-0.4, -0.2) is 29.1 Å². The number of nitrogens with zero attached hydrogens (tertiary/aromatic N) is 1. The number of piperidine rings is 1. The third-order valence-corrected chi connectivity index (χ3v) is 3.72. The van der Waals surface area contributed by atoms with E-state index in [2.05, 4.69) is 33.5 Å². The average molecular weight is 328 g/mol. The van der Waals surface area contributed by atoms with Crippen molar-refractivity contribution < 1.29 is 4.79 Å². The minimum Gasteiger partial charge on any atom is -0.352 e. The topological polar surface area (TPSA) is 63.1 Å². The fourth-order valence-electron chi connectivity index (χ4n) is 2.32. The highest BCUT2D eigenvalue weighted by Gasteiger charge is 2.19. The summed E-state index contributed by atoms with van der Waals surface area (Å²) in [6.45, 7) is 3.09. The van der Waals surface area contributed by atoms with Crippen molar-refractivity contribution in [2.75, 3.05) is 6.54 Å². The minimum absolute atomic E-state index is 0.0661. The molecule has 1 aromatic heterocycles. The van der Waals surface area contributed by atoms with Gasteiger partial charge < -0.3 is 15.2 Å². The van der Waals surface area contributed by atoms with E-state index in [-0.39, 0.29) is 24.1 Å². The number of pyridine rings is 1. The Morgan fingerprint density at radius 3 is 3.11 bits per heavy atom. The molecule has 0 aliphatic carbocycles. The van der Waals surface area contributed by atoms with Gasteiger partial charge in [0.2, 0.25) is 5.91 Å². The van der Waals surface area contributed by atoms with Crippen LogP contribution in [0.5, 0.6) is 0 Å². The quantitative estimate of drug-likeness (QED) is 0.865. The van der Waals surface area contributed by atoms with Gasteiger partial charge in [0.15, 0.2) is 0 Å². The summed E-state index contributed by atoms with van der Waals surface area (Å²) in [7, 11) is 0. The lowest BCUT2D eigenvalue weighted by atomic mass is 10.0. The normalized spacial score (nSPS) is 23.1. The second-order valence-electron chi connectivity index (χ2n) is 4.96. The summed E-state index contributed by atoms with van der Waals surface area (Å²) in [5, 5.41) is 6.33. The zero-order valence-corrected chi connectivity index (χ0v) is 12.4. The van der Waals surface area contributed by atoms with Crippen LogP contribution in [0.1, 0.15) is 19.8 Å². The molecule has 1 aliphatic heterocycles. The molecule has 104 valence electrons. The Bertz CT molecular complexity index is 515. The molecular weight excluding hydrogens is 310 g/mol. The maximum atomic E-state index is 11.9. The molecule has 1 aliphatic rings. The standard InChI is InChI=1S/C13H18BrN3O2/c1-9-6-11(4-5-15-9)16-12(18)8-17-7-10(14)2-3-13(17)19/h2-3,7,9,11,15H,4-6,8H2,1H3,(H,16,18). The zero-order chi connectivity index (χ0) is 13.8. The van der Waals surface area contributed by atoms with Crippen LogP contribution in [0.4, 0.5) is 0 Å². The molecule has 0 saturated carbocycles. The van der Waals surface area contributed by atoms with Crippen molar-refractivity contribution in [3.63, 3.8) is 0 Å². The summed E-state index contributed by atoms with van der Waals surface area (Å²) < 4.78 is 2.19. The van der Waals surface area contributed by atoms with Crippen molar-refractivity contribution in [2.24, 2.45) is 0 Å². The van der Waals surface area contributed by atoms with Gasteiger partial charge >= 0.3 is 0 Å². The zero-order valence-electron chi connectivity index (χ0n) is 10.9. The highest BCUT2D eigenvalue weighted by molar-refractivity contribution is 9.10. The van der Waals surface area contributed by atoms with Crippen LogP contribution in [0.2, 0.25) is 0 Å². The average Bonchev–Trinajstić information content (AvgIpc) is 2.34. The molecule has 1 aromatic rings. The second kappa shape index (κ2) is 6.34. The molecule has 2 heterocycles. The van der Waals surface area contributed by atoms with Gasteiger partial charge in [0.05, 0.1) is 0 Å². The van der Waals surface area contributed by atoms with Gasteiger partial charge in [-0.05, 0) is 48.3 Å². The Kier molecular flexibility index (Phi) is 4.76. The van der Waals surface area contributed by atoms with Crippen molar-refractivity contribution in [3.05, 3.63) is 33.2 Å². The monoisotopic (exact) mass is 327 g/mol. The van der Waals surface area contributed by atoms with E-state index >= 15 is 0 Å². The lowest BCUT2D eigenvalue weighted by Crippen LogP contribution is -2.47. The molecule has 2 atom stereocenters. The molecule has 2 unspecified atom stereocenters. The van der Waals surface area contributed by atoms with Crippen molar-refractivity contribution >= 4 is 21.8 Å².